The van der Waals surface area contributed by atoms with Gasteiger partial charge in [-0.15, -0.1) is 5.10 Å². The summed E-state index contributed by atoms with van der Waals surface area (Å²) >= 11 is 12.3. The predicted octanol–water partition coefficient (Wildman–Crippen LogP) is 7.46. The standard InChI is InChI=1S/C31H26Cl2F3N5O/c32-25-9-3-22(4-10-25)27-17-37-41-29(28(27)23-5-11-26(33)12-6-23)38-40(30(41)42)19-21-13-15-39(16-14-21)18-20-1-7-24(8-2-20)31(34,35)36/h1-12,17,21H,13-16,18-19H2. The molecular weight excluding hydrogens is 586 g/mol. The Morgan fingerprint density at radius 1 is 0.833 bits per heavy atom. The highest BCUT2D eigenvalue weighted by Gasteiger charge is 2.30. The molecule has 0 aliphatic carbocycles. The maximum Gasteiger partial charge on any atom is 0.416 e. The van der Waals surface area contributed by atoms with Crippen molar-refractivity contribution < 1.29 is 13.2 Å². The molecular formula is C31H26Cl2F3N5O. The third-order valence-electron chi connectivity index (χ3n) is 7.73. The normalized spacial score (nSPS) is 15.0. The zero-order chi connectivity index (χ0) is 29.4. The van der Waals surface area contributed by atoms with Crippen LogP contribution in [0.3, 0.4) is 0 Å². The van der Waals surface area contributed by atoms with Crippen molar-refractivity contribution in [1.29, 1.82) is 0 Å². The van der Waals surface area contributed by atoms with Gasteiger partial charge in [-0.1, -0.05) is 59.6 Å². The first-order valence-corrected chi connectivity index (χ1v) is 14.3. The number of hydrogen-bond donors (Lipinski definition) is 0. The van der Waals surface area contributed by atoms with E-state index in [4.69, 9.17) is 28.3 Å². The van der Waals surface area contributed by atoms with Gasteiger partial charge >= 0.3 is 11.9 Å². The quantitative estimate of drug-likeness (QED) is 0.200. The first kappa shape index (κ1) is 28.5. The lowest BCUT2D eigenvalue weighted by Crippen LogP contribution is -2.36. The number of alkyl halides is 3. The largest absolute Gasteiger partial charge is 0.416 e. The number of piperidine rings is 1. The number of benzene rings is 3. The molecule has 216 valence electrons. The van der Waals surface area contributed by atoms with E-state index < -0.39 is 11.7 Å². The number of aromatic nitrogens is 4. The van der Waals surface area contributed by atoms with Crippen molar-refractivity contribution in [2.45, 2.75) is 32.1 Å². The van der Waals surface area contributed by atoms with Gasteiger partial charge in [0, 0.05) is 34.3 Å². The lowest BCUT2D eigenvalue weighted by atomic mass is 9.96. The first-order chi connectivity index (χ1) is 20.2. The third kappa shape index (κ3) is 5.95. The number of likely N-dealkylation sites (tertiary alicyclic amines) is 1. The Kier molecular flexibility index (Phi) is 7.83. The van der Waals surface area contributed by atoms with Gasteiger partial charge in [-0.05, 0) is 84.9 Å². The van der Waals surface area contributed by atoms with E-state index in [0.717, 1.165) is 65.9 Å². The minimum absolute atomic E-state index is 0.228. The fourth-order valence-electron chi connectivity index (χ4n) is 5.46. The third-order valence-corrected chi connectivity index (χ3v) is 8.23. The molecule has 6 nitrogen and oxygen atoms in total. The number of fused-ring (bicyclic) bond motifs is 1. The molecule has 3 aromatic carbocycles. The average molecular weight is 612 g/mol. The minimum Gasteiger partial charge on any atom is -0.299 e. The SMILES string of the molecule is O=c1n(CC2CCN(Cc3ccc(C(F)(F)F)cc3)CC2)nc2c(-c3ccc(Cl)cc3)c(-c3ccc(Cl)cc3)cnn12. The van der Waals surface area contributed by atoms with Gasteiger partial charge in [0.25, 0.3) is 0 Å². The summed E-state index contributed by atoms with van der Waals surface area (Å²) in [5, 5.41) is 10.4. The van der Waals surface area contributed by atoms with Gasteiger partial charge in [-0.3, -0.25) is 4.90 Å². The maximum absolute atomic E-state index is 13.4. The molecule has 0 radical (unpaired) electrons. The molecule has 0 N–H and O–H groups in total. The van der Waals surface area contributed by atoms with Crippen molar-refractivity contribution in [3.8, 4) is 22.3 Å². The summed E-state index contributed by atoms with van der Waals surface area (Å²) < 4.78 is 41.5. The molecule has 0 saturated carbocycles. The van der Waals surface area contributed by atoms with E-state index in [1.165, 1.54) is 21.3 Å². The number of nitrogens with zero attached hydrogens (tertiary/aromatic N) is 5. The van der Waals surface area contributed by atoms with E-state index in [0.29, 0.717) is 28.8 Å². The zero-order valence-electron chi connectivity index (χ0n) is 22.4. The van der Waals surface area contributed by atoms with Crippen LogP contribution in [0.1, 0.15) is 24.0 Å². The van der Waals surface area contributed by atoms with Crippen LogP contribution in [-0.2, 0) is 19.3 Å². The first-order valence-electron chi connectivity index (χ1n) is 13.5. The van der Waals surface area contributed by atoms with Gasteiger partial charge in [0.15, 0.2) is 5.65 Å². The van der Waals surface area contributed by atoms with E-state index in [1.54, 1.807) is 30.5 Å². The molecule has 3 heterocycles. The predicted molar refractivity (Wildman–Crippen MR) is 158 cm³/mol. The molecule has 1 aliphatic rings. The lowest BCUT2D eigenvalue weighted by molar-refractivity contribution is -0.137. The Hall–Kier alpha value is -3.66. The number of hydrogen-bond acceptors (Lipinski definition) is 4. The Morgan fingerprint density at radius 3 is 2.02 bits per heavy atom. The molecule has 42 heavy (non-hydrogen) atoms. The van der Waals surface area contributed by atoms with Crippen molar-refractivity contribution in [3.63, 3.8) is 0 Å². The van der Waals surface area contributed by atoms with E-state index in [-0.39, 0.29) is 11.6 Å². The van der Waals surface area contributed by atoms with E-state index in [2.05, 4.69) is 10.00 Å². The summed E-state index contributed by atoms with van der Waals surface area (Å²) in [6.45, 7) is 2.60. The Morgan fingerprint density at radius 2 is 1.43 bits per heavy atom. The van der Waals surface area contributed by atoms with Gasteiger partial charge in [0.05, 0.1) is 11.8 Å². The van der Waals surface area contributed by atoms with Gasteiger partial charge in [-0.25, -0.2) is 9.48 Å². The summed E-state index contributed by atoms with van der Waals surface area (Å²) in [7, 11) is 0. The zero-order valence-corrected chi connectivity index (χ0v) is 23.9. The van der Waals surface area contributed by atoms with E-state index >= 15 is 0 Å². The second kappa shape index (κ2) is 11.6. The van der Waals surface area contributed by atoms with Crippen LogP contribution in [0.4, 0.5) is 13.2 Å². The van der Waals surface area contributed by atoms with Crippen LogP contribution in [0.25, 0.3) is 27.9 Å². The second-order valence-corrected chi connectivity index (χ2v) is 11.4. The molecule has 2 aromatic heterocycles. The van der Waals surface area contributed by atoms with E-state index in [1.807, 2.05) is 24.3 Å². The number of rotatable bonds is 6. The Balaban J connectivity index is 1.23. The molecule has 5 aromatic rings. The summed E-state index contributed by atoms with van der Waals surface area (Å²) in [4.78, 5) is 15.6. The van der Waals surface area contributed by atoms with E-state index in [9.17, 15) is 18.0 Å². The van der Waals surface area contributed by atoms with Gasteiger partial charge < -0.3 is 0 Å². The van der Waals surface area contributed by atoms with Crippen molar-refractivity contribution in [3.05, 3.63) is 111 Å². The van der Waals surface area contributed by atoms with Gasteiger partial charge in [-0.2, -0.15) is 22.8 Å². The topological polar surface area (TPSA) is 55.4 Å². The van der Waals surface area contributed by atoms with Crippen molar-refractivity contribution >= 4 is 28.8 Å². The van der Waals surface area contributed by atoms with Crippen molar-refractivity contribution in [2.24, 2.45) is 5.92 Å². The molecule has 0 bridgehead atoms. The fraction of sp³-hybridized carbons (Fsp3) is 0.258. The molecule has 0 unspecified atom stereocenters. The molecule has 1 fully saturated rings. The van der Waals surface area contributed by atoms with Crippen molar-refractivity contribution in [1.82, 2.24) is 24.3 Å². The van der Waals surface area contributed by atoms with Gasteiger partial charge in [0.1, 0.15) is 0 Å². The minimum atomic E-state index is -4.34. The molecule has 0 atom stereocenters. The smallest absolute Gasteiger partial charge is 0.299 e. The van der Waals surface area contributed by atoms with Crippen LogP contribution >= 0.6 is 23.2 Å². The Bertz CT molecular complexity index is 1760. The molecule has 6 rings (SSSR count). The maximum atomic E-state index is 13.4. The summed E-state index contributed by atoms with van der Waals surface area (Å²) in [5.41, 5.74) is 3.67. The monoisotopic (exact) mass is 611 g/mol. The highest BCUT2D eigenvalue weighted by Crippen LogP contribution is 2.35. The fourth-order valence-corrected chi connectivity index (χ4v) is 5.71. The highest BCUT2D eigenvalue weighted by molar-refractivity contribution is 6.31. The molecule has 1 aliphatic heterocycles. The van der Waals surface area contributed by atoms with Crippen molar-refractivity contribution in [2.75, 3.05) is 13.1 Å². The lowest BCUT2D eigenvalue weighted by Gasteiger charge is -2.31. The summed E-state index contributed by atoms with van der Waals surface area (Å²) in [6.07, 6.45) is -0.981. The highest BCUT2D eigenvalue weighted by atomic mass is 35.5. The number of halogens is 5. The summed E-state index contributed by atoms with van der Waals surface area (Å²) in [5.74, 6) is 0.228. The second-order valence-electron chi connectivity index (χ2n) is 10.6. The molecule has 11 heteroatoms. The summed E-state index contributed by atoms with van der Waals surface area (Å²) in [6, 6.07) is 20.1. The molecule has 0 spiro atoms. The van der Waals surface area contributed by atoms with Crippen LogP contribution < -0.4 is 5.69 Å². The Labute approximate surface area is 249 Å². The molecule has 1 saturated heterocycles. The van der Waals surface area contributed by atoms with Gasteiger partial charge in [0.2, 0.25) is 0 Å². The average Bonchev–Trinajstić information content (AvgIpc) is 3.29. The van der Waals surface area contributed by atoms with Crippen LogP contribution in [0.5, 0.6) is 0 Å². The van der Waals surface area contributed by atoms with Crippen LogP contribution in [0.15, 0.2) is 83.8 Å². The molecule has 0 amide bonds. The van der Waals surface area contributed by atoms with Crippen LogP contribution in [0.2, 0.25) is 10.0 Å². The van der Waals surface area contributed by atoms with Crippen LogP contribution in [0, 0.1) is 5.92 Å². The van der Waals surface area contributed by atoms with Crippen LogP contribution in [-0.4, -0.2) is 37.4 Å².